The van der Waals surface area contributed by atoms with E-state index in [-0.39, 0.29) is 11.6 Å². The molecule has 3 aromatic rings. The molecule has 0 heterocycles. The lowest BCUT2D eigenvalue weighted by atomic mass is 9.75. The largest absolute Gasteiger partial charge is 0.489 e. The van der Waals surface area contributed by atoms with Gasteiger partial charge in [0.05, 0.1) is 0 Å². The van der Waals surface area contributed by atoms with Gasteiger partial charge in [-0.1, -0.05) is 61.5 Å². The third-order valence-corrected chi connectivity index (χ3v) is 5.75. The van der Waals surface area contributed by atoms with Gasteiger partial charge in [-0.2, -0.15) is 0 Å². The van der Waals surface area contributed by atoms with Gasteiger partial charge in [-0.25, -0.2) is 4.39 Å². The Morgan fingerprint density at radius 1 is 1.03 bits per heavy atom. The van der Waals surface area contributed by atoms with E-state index < -0.39 is 0 Å². The van der Waals surface area contributed by atoms with Crippen LogP contribution in [0.25, 0.3) is 0 Å². The minimum atomic E-state index is -0.329. The number of nitrogens with one attached hydrogen (secondary N) is 1. The van der Waals surface area contributed by atoms with Crippen LogP contribution in [0.5, 0.6) is 5.75 Å². The van der Waals surface area contributed by atoms with E-state index >= 15 is 0 Å². The topological polar surface area (TPSA) is 38.3 Å². The minimum absolute atomic E-state index is 0.0164. The van der Waals surface area contributed by atoms with Gasteiger partial charge in [-0.3, -0.25) is 4.79 Å². The molecule has 2 atom stereocenters. The number of hydrogen-bond donors (Lipinski definition) is 1. The molecule has 34 heavy (non-hydrogen) atoms. The summed E-state index contributed by atoms with van der Waals surface area (Å²) in [5.41, 5.74) is 4.12. The van der Waals surface area contributed by atoms with Gasteiger partial charge >= 0.3 is 0 Å². The van der Waals surface area contributed by atoms with E-state index in [1.54, 1.807) is 6.08 Å². The summed E-state index contributed by atoms with van der Waals surface area (Å²) in [6.07, 6.45) is 4.35. The molecular formula is C30H32FNO2. The van der Waals surface area contributed by atoms with Crippen molar-refractivity contribution in [1.29, 1.82) is 0 Å². The zero-order valence-electron chi connectivity index (χ0n) is 19.8. The SMILES string of the molecule is C=CC.CC1C(NCCC(=O)c2ccc(F)cc2)=CC1c1ccc(OCc2ccccc2)cc1. The first kappa shape index (κ1) is 25.0. The summed E-state index contributed by atoms with van der Waals surface area (Å²) in [5, 5.41) is 3.37. The van der Waals surface area contributed by atoms with E-state index in [9.17, 15) is 9.18 Å². The van der Waals surface area contributed by atoms with Gasteiger partial charge in [0, 0.05) is 36.1 Å². The molecule has 0 aliphatic heterocycles. The zero-order valence-corrected chi connectivity index (χ0v) is 19.8. The second-order valence-corrected chi connectivity index (χ2v) is 8.29. The summed E-state index contributed by atoms with van der Waals surface area (Å²) < 4.78 is 18.8. The summed E-state index contributed by atoms with van der Waals surface area (Å²) in [5.74, 6) is 1.28. The van der Waals surface area contributed by atoms with Crippen LogP contribution in [0.2, 0.25) is 0 Å². The molecule has 0 fully saturated rings. The maximum atomic E-state index is 13.0. The summed E-state index contributed by atoms with van der Waals surface area (Å²) >= 11 is 0. The Balaban J connectivity index is 0.00000103. The fraction of sp³-hybridized carbons (Fsp3) is 0.233. The fourth-order valence-electron chi connectivity index (χ4n) is 3.80. The Hall–Kier alpha value is -3.66. The number of hydrogen-bond acceptors (Lipinski definition) is 3. The van der Waals surface area contributed by atoms with Crippen molar-refractivity contribution >= 4 is 5.78 Å². The summed E-state index contributed by atoms with van der Waals surface area (Å²) in [4.78, 5) is 12.2. The monoisotopic (exact) mass is 457 g/mol. The highest BCUT2D eigenvalue weighted by Crippen LogP contribution is 2.40. The van der Waals surface area contributed by atoms with Gasteiger partial charge in [0.15, 0.2) is 5.78 Å². The Morgan fingerprint density at radius 2 is 1.68 bits per heavy atom. The van der Waals surface area contributed by atoms with E-state index in [1.165, 1.54) is 35.5 Å². The molecule has 0 amide bonds. The van der Waals surface area contributed by atoms with Crippen molar-refractivity contribution in [3.63, 3.8) is 0 Å². The molecule has 0 radical (unpaired) electrons. The predicted molar refractivity (Wildman–Crippen MR) is 136 cm³/mol. The van der Waals surface area contributed by atoms with Crippen LogP contribution < -0.4 is 10.1 Å². The summed E-state index contributed by atoms with van der Waals surface area (Å²) in [6, 6.07) is 24.1. The van der Waals surface area contributed by atoms with Gasteiger partial charge in [0.1, 0.15) is 18.2 Å². The first-order chi connectivity index (χ1) is 16.5. The van der Waals surface area contributed by atoms with Crippen LogP contribution in [-0.2, 0) is 6.61 Å². The molecule has 1 N–H and O–H groups in total. The van der Waals surface area contributed by atoms with Crippen LogP contribution >= 0.6 is 0 Å². The second kappa shape index (κ2) is 12.5. The molecule has 0 saturated heterocycles. The molecule has 1 aliphatic rings. The lowest BCUT2D eigenvalue weighted by Crippen LogP contribution is -2.31. The van der Waals surface area contributed by atoms with Crippen LogP contribution in [-0.4, -0.2) is 12.3 Å². The number of ketones is 1. The Labute approximate surface area is 202 Å². The molecule has 2 unspecified atom stereocenters. The van der Waals surface area contributed by atoms with Gasteiger partial charge in [0.2, 0.25) is 0 Å². The number of rotatable bonds is 9. The van der Waals surface area contributed by atoms with Crippen LogP contribution in [0.4, 0.5) is 4.39 Å². The number of halogens is 1. The average Bonchev–Trinajstić information content (AvgIpc) is 2.86. The average molecular weight is 458 g/mol. The van der Waals surface area contributed by atoms with Crippen LogP contribution in [0, 0.1) is 11.7 Å². The highest BCUT2D eigenvalue weighted by Gasteiger charge is 2.29. The van der Waals surface area contributed by atoms with E-state index in [0.717, 1.165) is 11.3 Å². The molecule has 4 rings (SSSR count). The Bertz CT molecular complexity index is 1090. The van der Waals surface area contributed by atoms with Crippen molar-refractivity contribution < 1.29 is 13.9 Å². The molecule has 1 aliphatic carbocycles. The molecule has 0 aromatic heterocycles. The normalized spacial score (nSPS) is 16.3. The molecule has 0 saturated carbocycles. The molecule has 0 bridgehead atoms. The highest BCUT2D eigenvalue weighted by atomic mass is 19.1. The van der Waals surface area contributed by atoms with Crippen molar-refractivity contribution in [3.8, 4) is 5.75 Å². The first-order valence-electron chi connectivity index (χ1n) is 11.6. The second-order valence-electron chi connectivity index (χ2n) is 8.29. The smallest absolute Gasteiger partial charge is 0.164 e. The minimum Gasteiger partial charge on any atom is -0.489 e. The lowest BCUT2D eigenvalue weighted by Gasteiger charge is -2.34. The fourth-order valence-corrected chi connectivity index (χ4v) is 3.80. The zero-order chi connectivity index (χ0) is 24.3. The maximum Gasteiger partial charge on any atom is 0.164 e. The quantitative estimate of drug-likeness (QED) is 0.276. The molecule has 4 heteroatoms. The lowest BCUT2D eigenvalue weighted by molar-refractivity contribution is 0.0983. The molecule has 0 spiro atoms. The maximum absolute atomic E-state index is 13.0. The number of carbonyl (C=O) groups excluding carboxylic acids is 1. The van der Waals surface area contributed by atoms with E-state index in [1.807, 2.05) is 37.3 Å². The summed E-state index contributed by atoms with van der Waals surface area (Å²) in [6.45, 7) is 8.57. The van der Waals surface area contributed by atoms with Crippen molar-refractivity contribution in [2.75, 3.05) is 6.54 Å². The first-order valence-corrected chi connectivity index (χ1v) is 11.6. The van der Waals surface area contributed by atoms with Gasteiger partial charge in [-0.05, 0) is 54.4 Å². The van der Waals surface area contributed by atoms with E-state index in [2.05, 4.69) is 49.2 Å². The third-order valence-electron chi connectivity index (χ3n) is 5.75. The standard InChI is InChI=1S/C27H26FNO2.C3H6/c1-19-25(17-26(19)29-16-15-27(30)22-7-11-23(28)12-8-22)21-9-13-24(14-10-21)31-18-20-5-3-2-4-6-20;1-3-2/h2-14,17,19,25,29H,15-16,18H2,1H3;3H,1H2,2H3. The van der Waals surface area contributed by atoms with E-state index in [0.29, 0.717) is 37.0 Å². The van der Waals surface area contributed by atoms with Crippen molar-refractivity contribution in [1.82, 2.24) is 5.32 Å². The van der Waals surface area contributed by atoms with E-state index in [4.69, 9.17) is 4.74 Å². The predicted octanol–water partition coefficient (Wildman–Crippen LogP) is 7.08. The number of carbonyl (C=O) groups is 1. The molecular weight excluding hydrogens is 425 g/mol. The highest BCUT2D eigenvalue weighted by molar-refractivity contribution is 5.96. The van der Waals surface area contributed by atoms with Crippen molar-refractivity contribution in [2.24, 2.45) is 5.92 Å². The van der Waals surface area contributed by atoms with Crippen LogP contribution in [0.15, 0.2) is 103 Å². The Kier molecular flexibility index (Phi) is 9.21. The Morgan fingerprint density at radius 3 is 2.29 bits per heavy atom. The van der Waals surface area contributed by atoms with Gasteiger partial charge < -0.3 is 10.1 Å². The van der Waals surface area contributed by atoms with Crippen LogP contribution in [0.3, 0.4) is 0 Å². The molecule has 176 valence electrons. The van der Waals surface area contributed by atoms with Crippen molar-refractivity contribution in [2.45, 2.75) is 32.8 Å². The number of allylic oxidation sites excluding steroid dienone is 3. The van der Waals surface area contributed by atoms with Crippen LogP contribution in [0.1, 0.15) is 47.7 Å². The number of ether oxygens (including phenoxy) is 1. The summed E-state index contributed by atoms with van der Waals surface area (Å²) in [7, 11) is 0. The number of benzene rings is 3. The van der Waals surface area contributed by atoms with Gasteiger partial charge in [0.25, 0.3) is 0 Å². The van der Waals surface area contributed by atoms with Gasteiger partial charge in [-0.15, -0.1) is 6.58 Å². The number of Topliss-reactive ketones (excluding diaryl/α,β-unsaturated/α-hetero) is 1. The third kappa shape index (κ3) is 6.92. The van der Waals surface area contributed by atoms with Crippen molar-refractivity contribution in [3.05, 3.63) is 126 Å². The molecule has 3 aromatic carbocycles. The molecule has 3 nitrogen and oxygen atoms in total.